The molecule has 5 heteroatoms. The highest BCUT2D eigenvalue weighted by Gasteiger charge is 2.07. The van der Waals surface area contributed by atoms with Crippen molar-refractivity contribution in [1.82, 2.24) is 4.90 Å². The fraction of sp³-hybridized carbons (Fsp3) is 0.462. The number of carboxylic acid groups (broad SMARTS) is 1. The molecular formula is C13H18BrNO3. The van der Waals surface area contributed by atoms with Crippen molar-refractivity contribution in [2.24, 2.45) is 0 Å². The predicted molar refractivity (Wildman–Crippen MR) is 74.1 cm³/mol. The number of rotatable bonds is 7. The first-order chi connectivity index (χ1) is 8.49. The molecule has 0 atom stereocenters. The van der Waals surface area contributed by atoms with Crippen LogP contribution in [0.2, 0.25) is 0 Å². The summed E-state index contributed by atoms with van der Waals surface area (Å²) in [6.45, 7) is 1.42. The topological polar surface area (TPSA) is 49.8 Å². The zero-order chi connectivity index (χ0) is 13.5. The number of nitrogens with zero attached hydrogens (tertiary/aromatic N) is 1. The van der Waals surface area contributed by atoms with E-state index < -0.39 is 5.97 Å². The van der Waals surface area contributed by atoms with Crippen LogP contribution >= 0.6 is 15.9 Å². The molecule has 1 rings (SSSR count). The molecule has 0 fully saturated rings. The van der Waals surface area contributed by atoms with Gasteiger partial charge in [-0.2, -0.15) is 0 Å². The monoisotopic (exact) mass is 315 g/mol. The van der Waals surface area contributed by atoms with E-state index in [1.54, 1.807) is 0 Å². The van der Waals surface area contributed by atoms with Gasteiger partial charge in [-0.25, -0.2) is 0 Å². The van der Waals surface area contributed by atoms with Crippen LogP contribution in [-0.4, -0.2) is 43.2 Å². The number of halogens is 1. The lowest BCUT2D eigenvalue weighted by Crippen LogP contribution is -2.19. The van der Waals surface area contributed by atoms with Gasteiger partial charge in [-0.1, -0.05) is 15.9 Å². The van der Waals surface area contributed by atoms with Crippen LogP contribution in [-0.2, 0) is 11.2 Å². The highest BCUT2D eigenvalue weighted by atomic mass is 79.9. The van der Waals surface area contributed by atoms with Gasteiger partial charge in [-0.05, 0) is 44.3 Å². The number of aliphatic carboxylic acids is 1. The molecule has 0 radical (unpaired) electrons. The largest absolute Gasteiger partial charge is 0.492 e. The maximum absolute atomic E-state index is 10.6. The van der Waals surface area contributed by atoms with E-state index in [1.807, 2.05) is 37.2 Å². The van der Waals surface area contributed by atoms with E-state index in [4.69, 9.17) is 9.84 Å². The average molecular weight is 316 g/mol. The Kier molecular flexibility index (Phi) is 6.15. The minimum atomic E-state index is -0.797. The number of carboxylic acids is 1. The molecule has 0 saturated carbocycles. The van der Waals surface area contributed by atoms with E-state index in [0.29, 0.717) is 13.0 Å². The van der Waals surface area contributed by atoms with Crippen molar-refractivity contribution < 1.29 is 14.6 Å². The molecule has 0 aliphatic carbocycles. The number of benzene rings is 1. The number of hydrogen-bond acceptors (Lipinski definition) is 3. The summed E-state index contributed by atoms with van der Waals surface area (Å²) >= 11 is 3.38. The van der Waals surface area contributed by atoms with Crippen molar-refractivity contribution in [2.45, 2.75) is 12.8 Å². The van der Waals surface area contributed by atoms with Gasteiger partial charge in [-0.15, -0.1) is 0 Å². The van der Waals surface area contributed by atoms with Crippen LogP contribution in [0.1, 0.15) is 12.0 Å². The predicted octanol–water partition coefficient (Wildman–Crippen LogP) is 2.41. The van der Waals surface area contributed by atoms with Crippen molar-refractivity contribution in [3.63, 3.8) is 0 Å². The lowest BCUT2D eigenvalue weighted by molar-refractivity contribution is -0.136. The lowest BCUT2D eigenvalue weighted by Gasteiger charge is -2.14. The van der Waals surface area contributed by atoms with E-state index in [2.05, 4.69) is 15.9 Å². The van der Waals surface area contributed by atoms with Gasteiger partial charge in [0.15, 0.2) is 0 Å². The standard InChI is InChI=1S/C13H18BrNO3/c1-15(2)7-8-18-12-5-4-11(14)9-10(12)3-6-13(16)17/h4-5,9H,3,6-8H2,1-2H3,(H,16,17). The first-order valence-electron chi connectivity index (χ1n) is 5.77. The smallest absolute Gasteiger partial charge is 0.303 e. The lowest BCUT2D eigenvalue weighted by atomic mass is 10.1. The number of ether oxygens (including phenoxy) is 1. The SMILES string of the molecule is CN(C)CCOc1ccc(Br)cc1CCC(=O)O. The molecular weight excluding hydrogens is 298 g/mol. The fourth-order valence-electron chi connectivity index (χ4n) is 1.46. The normalized spacial score (nSPS) is 10.7. The third kappa shape index (κ3) is 5.51. The van der Waals surface area contributed by atoms with Crippen LogP contribution < -0.4 is 4.74 Å². The summed E-state index contributed by atoms with van der Waals surface area (Å²) in [5.41, 5.74) is 0.922. The second-order valence-electron chi connectivity index (χ2n) is 4.30. The third-order valence-corrected chi connectivity index (χ3v) is 2.92. The molecule has 0 unspecified atom stereocenters. The molecule has 0 aliphatic rings. The van der Waals surface area contributed by atoms with Gasteiger partial charge in [0, 0.05) is 17.4 Å². The quantitative estimate of drug-likeness (QED) is 0.839. The van der Waals surface area contributed by atoms with E-state index in [-0.39, 0.29) is 6.42 Å². The third-order valence-electron chi connectivity index (χ3n) is 2.43. The number of carbonyl (C=O) groups is 1. The Bertz CT molecular complexity index is 407. The van der Waals surface area contributed by atoms with E-state index in [9.17, 15) is 4.79 Å². The molecule has 18 heavy (non-hydrogen) atoms. The summed E-state index contributed by atoms with van der Waals surface area (Å²) in [6.07, 6.45) is 0.590. The molecule has 1 aromatic rings. The first kappa shape index (κ1) is 15.0. The minimum absolute atomic E-state index is 0.112. The molecule has 0 heterocycles. The molecule has 0 amide bonds. The Hall–Kier alpha value is -1.07. The van der Waals surface area contributed by atoms with E-state index in [1.165, 1.54) is 0 Å². The Morgan fingerprint density at radius 3 is 2.78 bits per heavy atom. The molecule has 4 nitrogen and oxygen atoms in total. The summed E-state index contributed by atoms with van der Waals surface area (Å²) in [5.74, 6) is -0.0319. The van der Waals surface area contributed by atoms with Crippen LogP contribution in [0, 0.1) is 0 Å². The Labute approximate surface area is 116 Å². The van der Waals surface area contributed by atoms with Gasteiger partial charge >= 0.3 is 5.97 Å². The summed E-state index contributed by atoms with van der Waals surface area (Å²) in [6, 6.07) is 5.68. The average Bonchev–Trinajstić information content (AvgIpc) is 2.28. The van der Waals surface area contributed by atoms with E-state index in [0.717, 1.165) is 22.3 Å². The summed E-state index contributed by atoms with van der Waals surface area (Å²) in [4.78, 5) is 12.7. The maximum Gasteiger partial charge on any atom is 0.303 e. The van der Waals surface area contributed by atoms with Crippen molar-refractivity contribution in [1.29, 1.82) is 0 Å². The van der Waals surface area contributed by atoms with Crippen molar-refractivity contribution >= 4 is 21.9 Å². The molecule has 0 spiro atoms. The molecule has 1 N–H and O–H groups in total. The van der Waals surface area contributed by atoms with Gasteiger partial charge < -0.3 is 14.7 Å². The second-order valence-corrected chi connectivity index (χ2v) is 5.21. The van der Waals surface area contributed by atoms with Gasteiger partial charge in [0.05, 0.1) is 0 Å². The van der Waals surface area contributed by atoms with Gasteiger partial charge in [0.25, 0.3) is 0 Å². The van der Waals surface area contributed by atoms with Gasteiger partial charge in [-0.3, -0.25) is 4.79 Å². The van der Waals surface area contributed by atoms with Crippen molar-refractivity contribution in [3.05, 3.63) is 28.2 Å². The molecule has 0 aliphatic heterocycles. The van der Waals surface area contributed by atoms with Gasteiger partial charge in [0.2, 0.25) is 0 Å². The van der Waals surface area contributed by atoms with Crippen molar-refractivity contribution in [2.75, 3.05) is 27.2 Å². The van der Waals surface area contributed by atoms with Crippen LogP contribution in [0.5, 0.6) is 5.75 Å². The highest BCUT2D eigenvalue weighted by molar-refractivity contribution is 9.10. The second kappa shape index (κ2) is 7.38. The number of aryl methyl sites for hydroxylation is 1. The van der Waals surface area contributed by atoms with E-state index >= 15 is 0 Å². The zero-order valence-electron chi connectivity index (χ0n) is 10.6. The van der Waals surface area contributed by atoms with Crippen LogP contribution in [0.3, 0.4) is 0 Å². The van der Waals surface area contributed by atoms with Crippen LogP contribution in [0.25, 0.3) is 0 Å². The first-order valence-corrected chi connectivity index (χ1v) is 6.56. The Balaban J connectivity index is 2.66. The fourth-order valence-corrected chi connectivity index (χ4v) is 1.87. The molecule has 0 bridgehead atoms. The summed E-state index contributed by atoms with van der Waals surface area (Å²) < 4.78 is 6.61. The maximum atomic E-state index is 10.6. The molecule has 100 valence electrons. The van der Waals surface area contributed by atoms with Crippen LogP contribution in [0.15, 0.2) is 22.7 Å². The Morgan fingerprint density at radius 1 is 1.44 bits per heavy atom. The zero-order valence-corrected chi connectivity index (χ0v) is 12.2. The van der Waals surface area contributed by atoms with Gasteiger partial charge in [0.1, 0.15) is 12.4 Å². The number of hydrogen-bond donors (Lipinski definition) is 1. The molecule has 0 saturated heterocycles. The van der Waals surface area contributed by atoms with Crippen LogP contribution in [0.4, 0.5) is 0 Å². The van der Waals surface area contributed by atoms with Crippen molar-refractivity contribution in [3.8, 4) is 5.75 Å². The molecule has 0 aromatic heterocycles. The summed E-state index contributed by atoms with van der Waals surface area (Å²) in [5, 5.41) is 8.72. The Morgan fingerprint density at radius 2 is 2.17 bits per heavy atom. The minimum Gasteiger partial charge on any atom is -0.492 e. The number of likely N-dealkylation sites (N-methyl/N-ethyl adjacent to an activating group) is 1. The molecule has 1 aromatic carbocycles. The highest BCUT2D eigenvalue weighted by Crippen LogP contribution is 2.24. The summed E-state index contributed by atoms with van der Waals surface area (Å²) in [7, 11) is 3.96.